The number of aryl methyl sites for hydroxylation is 1. The first-order chi connectivity index (χ1) is 11.7. The number of nitrogens with zero attached hydrogens (tertiary/aromatic N) is 1. The van der Waals surface area contributed by atoms with Gasteiger partial charge in [-0.3, -0.25) is 9.69 Å². The first-order valence-corrected chi connectivity index (χ1v) is 7.98. The Hall–Kier alpha value is -2.64. The Labute approximate surface area is 141 Å². The van der Waals surface area contributed by atoms with Crippen molar-refractivity contribution in [2.45, 2.75) is 18.9 Å². The molecule has 0 aromatic heterocycles. The van der Waals surface area contributed by atoms with Gasteiger partial charge < -0.3 is 5.32 Å². The number of amides is 1. The van der Waals surface area contributed by atoms with E-state index in [2.05, 4.69) is 23.4 Å². The Balaban J connectivity index is 1.71. The van der Waals surface area contributed by atoms with Crippen LogP contribution < -0.4 is 5.32 Å². The predicted octanol–water partition coefficient (Wildman–Crippen LogP) is 3.39. The summed E-state index contributed by atoms with van der Waals surface area (Å²) in [6, 6.07) is 14.3. The third-order valence-electron chi connectivity index (χ3n) is 4.29. The third-order valence-corrected chi connectivity index (χ3v) is 4.29. The Kier molecular flexibility index (Phi) is 4.93. The van der Waals surface area contributed by atoms with E-state index >= 15 is 0 Å². The molecule has 0 fully saturated rings. The largest absolute Gasteiger partial charge is 0.325 e. The van der Waals surface area contributed by atoms with Crippen LogP contribution in [0, 0.1) is 18.2 Å². The molecule has 0 bridgehead atoms. The van der Waals surface area contributed by atoms with Gasteiger partial charge in [0.1, 0.15) is 5.82 Å². The second-order valence-corrected chi connectivity index (χ2v) is 5.92. The second-order valence-electron chi connectivity index (χ2n) is 5.92. The van der Waals surface area contributed by atoms with E-state index < -0.39 is 0 Å². The lowest BCUT2D eigenvalue weighted by Gasteiger charge is -2.27. The molecule has 2 aromatic rings. The number of anilines is 1. The van der Waals surface area contributed by atoms with Crippen molar-refractivity contribution >= 4 is 11.6 Å². The van der Waals surface area contributed by atoms with Gasteiger partial charge in [-0.1, -0.05) is 36.3 Å². The zero-order valence-electron chi connectivity index (χ0n) is 13.3. The first-order valence-electron chi connectivity index (χ1n) is 7.98. The molecule has 0 heterocycles. The molecule has 0 radical (unpaired) electrons. The zero-order chi connectivity index (χ0) is 16.9. The maximum atomic E-state index is 13.2. The normalized spacial score (nSPS) is 15.8. The molecule has 1 unspecified atom stereocenters. The minimum Gasteiger partial charge on any atom is -0.325 e. The van der Waals surface area contributed by atoms with E-state index in [1.807, 2.05) is 17.0 Å². The average molecular weight is 322 g/mol. The molecule has 3 rings (SSSR count). The number of benzene rings is 2. The van der Waals surface area contributed by atoms with Crippen molar-refractivity contribution in [1.29, 1.82) is 0 Å². The highest BCUT2D eigenvalue weighted by atomic mass is 19.1. The molecule has 0 spiro atoms. The number of carbonyl (C=O) groups excluding carboxylic acids is 1. The summed E-state index contributed by atoms with van der Waals surface area (Å²) in [6.07, 6.45) is 7.44. The fourth-order valence-corrected chi connectivity index (χ4v) is 3.26. The average Bonchev–Trinajstić information content (AvgIpc) is 2.98. The summed E-state index contributed by atoms with van der Waals surface area (Å²) < 4.78 is 13.2. The van der Waals surface area contributed by atoms with Gasteiger partial charge in [-0.25, -0.2) is 4.39 Å². The van der Waals surface area contributed by atoms with Crippen molar-refractivity contribution in [1.82, 2.24) is 4.90 Å². The fourth-order valence-electron chi connectivity index (χ4n) is 3.26. The van der Waals surface area contributed by atoms with Gasteiger partial charge in [0, 0.05) is 11.7 Å². The van der Waals surface area contributed by atoms with Crippen molar-refractivity contribution in [3.8, 4) is 12.3 Å². The van der Waals surface area contributed by atoms with Gasteiger partial charge >= 0.3 is 0 Å². The van der Waals surface area contributed by atoms with E-state index in [4.69, 9.17) is 6.42 Å². The molecule has 0 saturated heterocycles. The topological polar surface area (TPSA) is 32.3 Å². The molecule has 1 amide bonds. The molecule has 0 aliphatic heterocycles. The quantitative estimate of drug-likeness (QED) is 0.856. The number of hydrogen-bond donors (Lipinski definition) is 1. The number of terminal acetylenes is 1. The fraction of sp³-hybridized carbons (Fsp3) is 0.250. The van der Waals surface area contributed by atoms with Crippen LogP contribution in [0.5, 0.6) is 0 Å². The molecule has 4 heteroatoms. The molecule has 0 saturated carbocycles. The lowest BCUT2D eigenvalue weighted by molar-refractivity contribution is -0.117. The number of halogens is 1. The van der Waals surface area contributed by atoms with E-state index in [1.165, 1.54) is 23.3 Å². The minimum atomic E-state index is -0.377. The van der Waals surface area contributed by atoms with Gasteiger partial charge in [0.15, 0.2) is 0 Å². The summed E-state index contributed by atoms with van der Waals surface area (Å²) in [5, 5.41) is 2.73. The summed E-state index contributed by atoms with van der Waals surface area (Å²) in [7, 11) is 0. The van der Waals surface area contributed by atoms with Gasteiger partial charge in [0.05, 0.1) is 13.1 Å². The molecule has 1 aliphatic carbocycles. The standard InChI is InChI=1S/C20H19FN2O/c1-2-12-23(19-11-10-15-6-3-4-9-18(15)19)14-20(24)22-17-8-5-7-16(21)13-17/h1,3-9,13,19H,10-12,14H2,(H,22,24). The van der Waals surface area contributed by atoms with Gasteiger partial charge in [-0.05, 0) is 42.2 Å². The zero-order valence-corrected chi connectivity index (χ0v) is 13.3. The maximum Gasteiger partial charge on any atom is 0.238 e. The number of fused-ring (bicyclic) bond motifs is 1. The van der Waals surface area contributed by atoms with Crippen LogP contribution in [0.3, 0.4) is 0 Å². The number of carbonyl (C=O) groups is 1. The Morgan fingerprint density at radius 3 is 2.92 bits per heavy atom. The van der Waals surface area contributed by atoms with Crippen LogP contribution in [0.2, 0.25) is 0 Å². The monoisotopic (exact) mass is 322 g/mol. The van der Waals surface area contributed by atoms with Crippen molar-refractivity contribution in [3.05, 3.63) is 65.5 Å². The third kappa shape index (κ3) is 3.64. The summed E-state index contributed by atoms with van der Waals surface area (Å²) >= 11 is 0. The van der Waals surface area contributed by atoms with Gasteiger partial charge in [0.2, 0.25) is 5.91 Å². The summed E-state index contributed by atoms with van der Waals surface area (Å²) in [4.78, 5) is 14.3. The molecular weight excluding hydrogens is 303 g/mol. The van der Waals surface area contributed by atoms with Crippen LogP contribution in [0.25, 0.3) is 0 Å². The van der Waals surface area contributed by atoms with E-state index in [0.29, 0.717) is 12.2 Å². The van der Waals surface area contributed by atoms with Crippen LogP contribution in [0.1, 0.15) is 23.6 Å². The van der Waals surface area contributed by atoms with E-state index in [0.717, 1.165) is 12.8 Å². The summed E-state index contributed by atoms with van der Waals surface area (Å²) in [5.41, 5.74) is 3.01. The van der Waals surface area contributed by atoms with E-state index in [-0.39, 0.29) is 24.3 Å². The smallest absolute Gasteiger partial charge is 0.238 e. The molecule has 1 N–H and O–H groups in total. The number of hydrogen-bond acceptors (Lipinski definition) is 2. The minimum absolute atomic E-state index is 0.149. The Morgan fingerprint density at radius 2 is 2.12 bits per heavy atom. The molecule has 1 atom stereocenters. The van der Waals surface area contributed by atoms with Crippen molar-refractivity contribution < 1.29 is 9.18 Å². The van der Waals surface area contributed by atoms with E-state index in [9.17, 15) is 9.18 Å². The predicted molar refractivity (Wildman–Crippen MR) is 92.9 cm³/mol. The van der Waals surface area contributed by atoms with Gasteiger partial charge in [-0.2, -0.15) is 0 Å². The van der Waals surface area contributed by atoms with Crippen LogP contribution in [-0.2, 0) is 11.2 Å². The Bertz CT molecular complexity index is 781. The number of rotatable bonds is 5. The lowest BCUT2D eigenvalue weighted by atomic mass is 10.1. The van der Waals surface area contributed by atoms with Gasteiger partial charge in [-0.15, -0.1) is 6.42 Å². The summed E-state index contributed by atoms with van der Waals surface area (Å²) in [6.45, 7) is 0.579. The Morgan fingerprint density at radius 1 is 1.29 bits per heavy atom. The summed E-state index contributed by atoms with van der Waals surface area (Å²) in [5.74, 6) is 2.07. The molecule has 3 nitrogen and oxygen atoms in total. The SMILES string of the molecule is C#CCN(CC(=O)Nc1cccc(F)c1)C1CCc2ccccc21. The second kappa shape index (κ2) is 7.29. The van der Waals surface area contributed by atoms with Crippen molar-refractivity contribution in [2.75, 3.05) is 18.4 Å². The van der Waals surface area contributed by atoms with Crippen LogP contribution in [0.15, 0.2) is 48.5 Å². The molecule has 2 aromatic carbocycles. The highest BCUT2D eigenvalue weighted by Crippen LogP contribution is 2.35. The van der Waals surface area contributed by atoms with Gasteiger partial charge in [0.25, 0.3) is 0 Å². The lowest BCUT2D eigenvalue weighted by Crippen LogP contribution is -2.36. The highest BCUT2D eigenvalue weighted by molar-refractivity contribution is 5.92. The van der Waals surface area contributed by atoms with Crippen LogP contribution in [-0.4, -0.2) is 23.9 Å². The van der Waals surface area contributed by atoms with Crippen LogP contribution in [0.4, 0.5) is 10.1 Å². The van der Waals surface area contributed by atoms with Crippen LogP contribution >= 0.6 is 0 Å². The molecule has 122 valence electrons. The van der Waals surface area contributed by atoms with Crippen molar-refractivity contribution in [2.24, 2.45) is 0 Å². The molecular formula is C20H19FN2O. The van der Waals surface area contributed by atoms with E-state index in [1.54, 1.807) is 12.1 Å². The highest BCUT2D eigenvalue weighted by Gasteiger charge is 2.28. The number of nitrogens with one attached hydrogen (secondary N) is 1. The first kappa shape index (κ1) is 16.2. The molecule has 1 aliphatic rings. The van der Waals surface area contributed by atoms with Crippen molar-refractivity contribution in [3.63, 3.8) is 0 Å². The molecule has 24 heavy (non-hydrogen) atoms. The maximum absolute atomic E-state index is 13.2.